The number of benzene rings is 2. The number of hydrogen-bond donors (Lipinski definition) is 4. The van der Waals surface area contributed by atoms with Crippen LogP contribution in [0.2, 0.25) is 0 Å². The molecule has 17 nitrogen and oxygen atoms in total. The van der Waals surface area contributed by atoms with Crippen LogP contribution in [0.5, 0.6) is 11.5 Å². The van der Waals surface area contributed by atoms with Crippen LogP contribution in [0.3, 0.4) is 0 Å². The summed E-state index contributed by atoms with van der Waals surface area (Å²) in [5.41, 5.74) is 3.29. The number of amides is 4. The van der Waals surface area contributed by atoms with Crippen molar-refractivity contribution in [3.8, 4) is 34.0 Å². The van der Waals surface area contributed by atoms with Gasteiger partial charge in [0.25, 0.3) is 0 Å². The quantitative estimate of drug-likeness (QED) is 0.132. The van der Waals surface area contributed by atoms with E-state index < -0.39 is 36.5 Å². The highest BCUT2D eigenvalue weighted by Crippen LogP contribution is 2.35. The van der Waals surface area contributed by atoms with Gasteiger partial charge in [0.2, 0.25) is 11.8 Å². The SMILES string of the molecule is COC(=O)N[C@H](C(=O)N1CCCC1c1ncc(-c2cccc(Oc3ccc(-c4cnc([C@@H]5CCCN5C(=O)[C@@H](NC(=O)OC)[C@@H](C)OC)[nH]4)cc3)c2)[nH]1)[C@@H](C)OC. The first-order valence-corrected chi connectivity index (χ1v) is 18.9. The molecule has 0 radical (unpaired) electrons. The van der Waals surface area contributed by atoms with Crippen molar-refractivity contribution in [2.75, 3.05) is 41.5 Å². The van der Waals surface area contributed by atoms with Crippen molar-refractivity contribution in [1.82, 2.24) is 40.4 Å². The summed E-state index contributed by atoms with van der Waals surface area (Å²) in [6.45, 7) is 4.49. The van der Waals surface area contributed by atoms with Crippen molar-refractivity contribution >= 4 is 24.0 Å². The third-order valence-corrected chi connectivity index (χ3v) is 10.6. The number of rotatable bonds is 14. The van der Waals surface area contributed by atoms with Crippen LogP contribution in [0.15, 0.2) is 60.9 Å². The molecule has 4 heterocycles. The molecule has 6 rings (SSSR count). The number of nitrogens with zero attached hydrogens (tertiary/aromatic N) is 4. The Labute approximate surface area is 330 Å². The Bertz CT molecular complexity index is 2020. The molecule has 4 N–H and O–H groups in total. The minimum absolute atomic E-state index is 0.265. The van der Waals surface area contributed by atoms with E-state index in [0.29, 0.717) is 42.7 Å². The van der Waals surface area contributed by atoms with E-state index in [2.05, 4.69) is 30.6 Å². The average Bonchev–Trinajstić information content (AvgIpc) is 4.08. The number of ether oxygens (including phenoxy) is 5. The maximum atomic E-state index is 13.6. The van der Waals surface area contributed by atoms with Crippen LogP contribution in [0.1, 0.15) is 63.3 Å². The van der Waals surface area contributed by atoms with E-state index in [1.54, 1.807) is 36.0 Å². The molecule has 4 amide bonds. The van der Waals surface area contributed by atoms with E-state index in [9.17, 15) is 19.2 Å². The number of methoxy groups -OCH3 is 4. The number of nitrogens with one attached hydrogen (secondary N) is 4. The molecule has 2 saturated heterocycles. The van der Waals surface area contributed by atoms with Crippen LogP contribution in [-0.2, 0) is 28.5 Å². The molecule has 2 aromatic carbocycles. The number of aromatic nitrogens is 4. The highest BCUT2D eigenvalue weighted by molar-refractivity contribution is 5.87. The highest BCUT2D eigenvalue weighted by atomic mass is 16.5. The molecule has 0 bridgehead atoms. The summed E-state index contributed by atoms with van der Waals surface area (Å²) >= 11 is 0. The summed E-state index contributed by atoms with van der Waals surface area (Å²) in [5.74, 6) is 2.02. The van der Waals surface area contributed by atoms with Crippen LogP contribution < -0.4 is 15.4 Å². The number of carbonyl (C=O) groups is 4. The lowest BCUT2D eigenvalue weighted by molar-refractivity contribution is -0.138. The van der Waals surface area contributed by atoms with Crippen molar-refractivity contribution in [2.45, 2.75) is 75.9 Å². The van der Waals surface area contributed by atoms with Gasteiger partial charge in [0.15, 0.2) is 0 Å². The first kappa shape index (κ1) is 40.7. The molecule has 304 valence electrons. The molecule has 0 saturated carbocycles. The third-order valence-electron chi connectivity index (χ3n) is 10.6. The fourth-order valence-corrected chi connectivity index (χ4v) is 7.26. The van der Waals surface area contributed by atoms with Gasteiger partial charge in [-0.25, -0.2) is 19.6 Å². The Morgan fingerprint density at radius 3 is 1.65 bits per heavy atom. The van der Waals surface area contributed by atoms with Crippen LogP contribution >= 0.6 is 0 Å². The second kappa shape index (κ2) is 18.3. The van der Waals surface area contributed by atoms with Gasteiger partial charge < -0.3 is 54.1 Å². The van der Waals surface area contributed by atoms with Gasteiger partial charge in [0.1, 0.15) is 35.2 Å². The van der Waals surface area contributed by atoms with Gasteiger partial charge in [-0.15, -0.1) is 0 Å². The number of imidazole rings is 2. The lowest BCUT2D eigenvalue weighted by atomic mass is 10.1. The molecule has 1 unspecified atom stereocenters. The molecule has 0 spiro atoms. The molecule has 2 aliphatic rings. The first-order valence-electron chi connectivity index (χ1n) is 18.9. The fourth-order valence-electron chi connectivity index (χ4n) is 7.26. The standard InChI is InChI=1S/C40H50N8O9/c1-23(53-3)33(45-39(51)55-5)37(49)47-18-8-12-31(47)35-41-21-29(43-35)25-14-16-27(17-15-25)57-28-11-7-10-26(20-28)30-22-42-36(44-30)32-13-9-19-48(32)38(50)34(24(2)54-4)46-40(52)56-6/h7,10-11,14-17,20-24,31-34H,8-9,12-13,18-19H2,1-6H3,(H,41,43)(H,42,44)(H,45,51)(H,46,52)/t23-,24-,31+,32?,33+,34+/m1/s1. The van der Waals surface area contributed by atoms with Crippen molar-refractivity contribution in [3.05, 3.63) is 72.6 Å². The molecule has 4 aromatic rings. The summed E-state index contributed by atoms with van der Waals surface area (Å²) in [6.07, 6.45) is 3.95. The monoisotopic (exact) mass is 786 g/mol. The lowest BCUT2D eigenvalue weighted by Crippen LogP contribution is -2.54. The number of aromatic amines is 2. The Morgan fingerprint density at radius 1 is 0.684 bits per heavy atom. The number of likely N-dealkylation sites (tertiary alicyclic amines) is 2. The zero-order valence-corrected chi connectivity index (χ0v) is 32.9. The molecule has 2 fully saturated rings. The number of alkyl carbamates (subject to hydrolysis) is 2. The lowest BCUT2D eigenvalue weighted by Gasteiger charge is -2.30. The second-order valence-electron chi connectivity index (χ2n) is 14.0. The zero-order chi connectivity index (χ0) is 40.6. The molecule has 2 aromatic heterocycles. The maximum Gasteiger partial charge on any atom is 0.407 e. The topological polar surface area (TPSA) is 202 Å². The number of hydrogen-bond acceptors (Lipinski definition) is 11. The van der Waals surface area contributed by atoms with Gasteiger partial charge in [-0.2, -0.15) is 0 Å². The van der Waals surface area contributed by atoms with E-state index >= 15 is 0 Å². The minimum atomic E-state index is -0.916. The Morgan fingerprint density at radius 2 is 1.18 bits per heavy atom. The van der Waals surface area contributed by atoms with E-state index in [1.165, 1.54) is 28.4 Å². The van der Waals surface area contributed by atoms with Gasteiger partial charge in [-0.3, -0.25) is 9.59 Å². The Hall–Kier alpha value is -5.94. The van der Waals surface area contributed by atoms with Crippen LogP contribution in [-0.4, -0.2) is 120 Å². The van der Waals surface area contributed by atoms with Crippen molar-refractivity contribution in [1.29, 1.82) is 0 Å². The summed E-state index contributed by atoms with van der Waals surface area (Å²) < 4.78 is 26.5. The molecule has 0 aliphatic carbocycles. The summed E-state index contributed by atoms with van der Waals surface area (Å²) in [4.78, 5) is 70.8. The third kappa shape index (κ3) is 9.21. The highest BCUT2D eigenvalue weighted by Gasteiger charge is 2.40. The van der Waals surface area contributed by atoms with E-state index in [1.807, 2.05) is 48.5 Å². The van der Waals surface area contributed by atoms with Gasteiger partial charge in [0, 0.05) is 32.9 Å². The largest absolute Gasteiger partial charge is 0.457 e. The average molecular weight is 787 g/mol. The zero-order valence-electron chi connectivity index (χ0n) is 32.9. The molecule has 57 heavy (non-hydrogen) atoms. The second-order valence-corrected chi connectivity index (χ2v) is 14.0. The van der Waals surface area contributed by atoms with Gasteiger partial charge in [-0.1, -0.05) is 12.1 Å². The van der Waals surface area contributed by atoms with Crippen LogP contribution in [0, 0.1) is 0 Å². The molecular weight excluding hydrogens is 736 g/mol. The van der Waals surface area contributed by atoms with Gasteiger partial charge >= 0.3 is 12.2 Å². The number of carbonyl (C=O) groups excluding carboxylic acids is 4. The van der Waals surface area contributed by atoms with E-state index in [0.717, 1.165) is 41.8 Å². The number of H-pyrrole nitrogens is 2. The predicted molar refractivity (Wildman–Crippen MR) is 207 cm³/mol. The Kier molecular flexibility index (Phi) is 13.1. The molecular formula is C40H50N8O9. The van der Waals surface area contributed by atoms with E-state index in [4.69, 9.17) is 23.7 Å². The van der Waals surface area contributed by atoms with Crippen molar-refractivity contribution < 1.29 is 42.9 Å². The summed E-state index contributed by atoms with van der Waals surface area (Å²) in [5, 5.41) is 5.22. The maximum absolute atomic E-state index is 13.6. The van der Waals surface area contributed by atoms with Crippen LogP contribution in [0.25, 0.3) is 22.5 Å². The smallest absolute Gasteiger partial charge is 0.407 e. The van der Waals surface area contributed by atoms with E-state index in [-0.39, 0.29) is 23.9 Å². The summed E-state index contributed by atoms with van der Waals surface area (Å²) in [6, 6.07) is 12.8. The fraction of sp³-hybridized carbons (Fsp3) is 0.450. The van der Waals surface area contributed by atoms with Crippen molar-refractivity contribution in [3.63, 3.8) is 0 Å². The first-order chi connectivity index (χ1) is 27.5. The predicted octanol–water partition coefficient (Wildman–Crippen LogP) is 5.11. The minimum Gasteiger partial charge on any atom is -0.457 e. The molecule has 17 heteroatoms. The van der Waals surface area contributed by atoms with Crippen molar-refractivity contribution in [2.24, 2.45) is 0 Å². The summed E-state index contributed by atoms with van der Waals surface area (Å²) in [7, 11) is 5.47. The Balaban J connectivity index is 1.10. The molecule has 6 atom stereocenters. The van der Waals surface area contributed by atoms with Gasteiger partial charge in [0.05, 0.1) is 62.3 Å². The normalized spacial score (nSPS) is 18.7. The van der Waals surface area contributed by atoms with Gasteiger partial charge in [-0.05, 0) is 81.5 Å². The molecule has 2 aliphatic heterocycles. The van der Waals surface area contributed by atoms with Crippen LogP contribution in [0.4, 0.5) is 9.59 Å².